The summed E-state index contributed by atoms with van der Waals surface area (Å²) in [5, 5.41) is 7.98. The molecule has 0 aliphatic heterocycles. The van der Waals surface area contributed by atoms with E-state index in [1.54, 1.807) is 24.3 Å². The number of nitrogens with zero attached hydrogens (tertiary/aromatic N) is 2. The van der Waals surface area contributed by atoms with Crippen LogP contribution in [0, 0.1) is 0 Å². The lowest BCUT2D eigenvalue weighted by Gasteiger charge is -2.04. The Balaban J connectivity index is 1.63. The molecule has 0 N–H and O–H groups in total. The number of ether oxygens (including phenoxy) is 1. The van der Waals surface area contributed by atoms with Crippen molar-refractivity contribution >= 4 is 5.78 Å². The van der Waals surface area contributed by atoms with Crippen LogP contribution in [0.5, 0.6) is 5.75 Å². The Hall–Kier alpha value is -2.95. The molecule has 3 rings (SSSR count). The van der Waals surface area contributed by atoms with E-state index in [4.69, 9.17) is 9.15 Å². The van der Waals surface area contributed by atoms with E-state index in [1.807, 2.05) is 37.3 Å². The number of ketones is 1. The lowest BCUT2D eigenvalue weighted by Crippen LogP contribution is -1.98. The average Bonchev–Trinajstić information content (AvgIpc) is 3.09. The molecule has 0 spiro atoms. The molecule has 0 atom stereocenters. The average molecular weight is 308 g/mol. The number of hydrogen-bond acceptors (Lipinski definition) is 5. The molecule has 1 heterocycles. The summed E-state index contributed by atoms with van der Waals surface area (Å²) < 4.78 is 11.2. The van der Waals surface area contributed by atoms with Gasteiger partial charge in [-0.05, 0) is 36.4 Å². The van der Waals surface area contributed by atoms with Crippen LogP contribution < -0.4 is 4.74 Å². The molecule has 0 unspecified atom stereocenters. The van der Waals surface area contributed by atoms with E-state index in [-0.39, 0.29) is 12.4 Å². The van der Waals surface area contributed by atoms with E-state index >= 15 is 0 Å². The second-order valence-electron chi connectivity index (χ2n) is 4.96. The molecule has 0 fully saturated rings. The van der Waals surface area contributed by atoms with Gasteiger partial charge in [0, 0.05) is 17.5 Å². The molecule has 116 valence electrons. The van der Waals surface area contributed by atoms with Crippen molar-refractivity contribution in [2.24, 2.45) is 0 Å². The molecule has 0 amide bonds. The van der Waals surface area contributed by atoms with Crippen LogP contribution in [-0.4, -0.2) is 16.0 Å². The van der Waals surface area contributed by atoms with E-state index in [0.29, 0.717) is 29.5 Å². The molecular weight excluding hydrogens is 292 g/mol. The van der Waals surface area contributed by atoms with Gasteiger partial charge in [-0.1, -0.05) is 25.1 Å². The monoisotopic (exact) mass is 308 g/mol. The summed E-state index contributed by atoms with van der Waals surface area (Å²) in [5.74, 6) is 1.63. The van der Waals surface area contributed by atoms with Crippen molar-refractivity contribution in [3.8, 4) is 17.2 Å². The van der Waals surface area contributed by atoms with Crippen LogP contribution in [0.1, 0.15) is 29.6 Å². The van der Waals surface area contributed by atoms with Crippen LogP contribution in [0.2, 0.25) is 0 Å². The van der Waals surface area contributed by atoms with Crippen molar-refractivity contribution in [2.45, 2.75) is 20.0 Å². The van der Waals surface area contributed by atoms with Gasteiger partial charge in [0.05, 0.1) is 0 Å². The van der Waals surface area contributed by atoms with Gasteiger partial charge in [-0.3, -0.25) is 4.79 Å². The summed E-state index contributed by atoms with van der Waals surface area (Å²) in [6.07, 6.45) is 0.491. The zero-order chi connectivity index (χ0) is 16.1. The Morgan fingerprint density at radius 2 is 1.78 bits per heavy atom. The fraction of sp³-hybridized carbons (Fsp3) is 0.167. The number of hydrogen-bond donors (Lipinski definition) is 0. The van der Waals surface area contributed by atoms with Gasteiger partial charge in [-0.15, -0.1) is 10.2 Å². The van der Waals surface area contributed by atoms with Gasteiger partial charge < -0.3 is 9.15 Å². The summed E-state index contributed by atoms with van der Waals surface area (Å²) in [6.45, 7) is 2.02. The maximum absolute atomic E-state index is 11.6. The third kappa shape index (κ3) is 3.63. The Kier molecular flexibility index (Phi) is 4.47. The van der Waals surface area contributed by atoms with Crippen LogP contribution in [0.25, 0.3) is 11.5 Å². The lowest BCUT2D eigenvalue weighted by atomic mass is 10.1. The maximum Gasteiger partial charge on any atom is 0.254 e. The highest BCUT2D eigenvalue weighted by atomic mass is 16.5. The molecule has 2 aromatic carbocycles. The number of aromatic nitrogens is 2. The van der Waals surface area contributed by atoms with E-state index in [9.17, 15) is 4.79 Å². The highest BCUT2D eigenvalue weighted by Crippen LogP contribution is 2.19. The fourth-order valence-electron chi connectivity index (χ4n) is 2.10. The molecule has 3 aromatic rings. The first kappa shape index (κ1) is 15.0. The van der Waals surface area contributed by atoms with Crippen LogP contribution in [0.3, 0.4) is 0 Å². The first-order valence-corrected chi connectivity index (χ1v) is 7.40. The molecular formula is C18H16N2O3. The van der Waals surface area contributed by atoms with Gasteiger partial charge in [0.15, 0.2) is 12.4 Å². The first-order valence-electron chi connectivity index (χ1n) is 7.40. The van der Waals surface area contributed by atoms with Gasteiger partial charge in [-0.2, -0.15) is 0 Å². The minimum absolute atomic E-state index is 0.112. The van der Waals surface area contributed by atoms with Gasteiger partial charge in [-0.25, -0.2) is 0 Å². The predicted octanol–water partition coefficient (Wildman–Crippen LogP) is 3.91. The fourth-order valence-corrected chi connectivity index (χ4v) is 2.10. The van der Waals surface area contributed by atoms with E-state index < -0.39 is 0 Å². The standard InChI is InChI=1S/C18H16N2O3/c1-2-16(21)13-8-10-15(11-9-13)22-12-17-19-20-18(23-17)14-6-4-3-5-7-14/h3-11H,2,12H2,1H3. The number of carbonyl (C=O) groups excluding carboxylic acids is 1. The molecule has 0 saturated heterocycles. The Morgan fingerprint density at radius 1 is 1.04 bits per heavy atom. The molecule has 0 bridgehead atoms. The van der Waals surface area contributed by atoms with Crippen LogP contribution >= 0.6 is 0 Å². The van der Waals surface area contributed by atoms with Crippen molar-refractivity contribution in [3.05, 3.63) is 66.1 Å². The van der Waals surface area contributed by atoms with Crippen LogP contribution in [-0.2, 0) is 6.61 Å². The zero-order valence-corrected chi connectivity index (χ0v) is 12.7. The zero-order valence-electron chi connectivity index (χ0n) is 12.7. The molecule has 0 aliphatic rings. The van der Waals surface area contributed by atoms with Gasteiger partial charge in [0.25, 0.3) is 5.89 Å². The number of rotatable bonds is 6. The highest BCUT2D eigenvalue weighted by Gasteiger charge is 2.09. The molecule has 0 saturated carbocycles. The summed E-state index contributed by atoms with van der Waals surface area (Å²) in [6, 6.07) is 16.6. The third-order valence-corrected chi connectivity index (χ3v) is 3.35. The predicted molar refractivity (Wildman–Crippen MR) is 85.1 cm³/mol. The van der Waals surface area contributed by atoms with E-state index in [2.05, 4.69) is 10.2 Å². The summed E-state index contributed by atoms with van der Waals surface area (Å²) in [5.41, 5.74) is 1.55. The van der Waals surface area contributed by atoms with Crippen molar-refractivity contribution in [1.29, 1.82) is 0 Å². The summed E-state index contributed by atoms with van der Waals surface area (Å²) in [4.78, 5) is 11.6. The smallest absolute Gasteiger partial charge is 0.254 e. The SMILES string of the molecule is CCC(=O)c1ccc(OCc2nnc(-c3ccccc3)o2)cc1. The number of Topliss-reactive ketones (excluding diaryl/α,β-unsaturated/α-hetero) is 1. The van der Waals surface area contributed by atoms with Gasteiger partial charge in [0.1, 0.15) is 5.75 Å². The second-order valence-corrected chi connectivity index (χ2v) is 4.96. The van der Waals surface area contributed by atoms with Crippen molar-refractivity contribution in [2.75, 3.05) is 0 Å². The number of benzene rings is 2. The quantitative estimate of drug-likeness (QED) is 0.646. The first-order chi connectivity index (χ1) is 11.3. The Labute approximate surface area is 133 Å². The third-order valence-electron chi connectivity index (χ3n) is 3.35. The van der Waals surface area contributed by atoms with Crippen LogP contribution in [0.15, 0.2) is 59.0 Å². The molecule has 23 heavy (non-hydrogen) atoms. The van der Waals surface area contributed by atoms with Crippen LogP contribution in [0.4, 0.5) is 0 Å². The largest absolute Gasteiger partial charge is 0.484 e. The lowest BCUT2D eigenvalue weighted by molar-refractivity contribution is 0.0988. The normalized spacial score (nSPS) is 10.5. The molecule has 0 radical (unpaired) electrons. The van der Waals surface area contributed by atoms with Crippen molar-refractivity contribution < 1.29 is 13.9 Å². The van der Waals surface area contributed by atoms with Gasteiger partial charge >= 0.3 is 0 Å². The summed E-state index contributed by atoms with van der Waals surface area (Å²) in [7, 11) is 0. The minimum Gasteiger partial charge on any atom is -0.484 e. The second kappa shape index (κ2) is 6.87. The van der Waals surface area contributed by atoms with Crippen molar-refractivity contribution in [3.63, 3.8) is 0 Å². The summed E-state index contributed by atoms with van der Waals surface area (Å²) >= 11 is 0. The topological polar surface area (TPSA) is 65.2 Å². The van der Waals surface area contributed by atoms with Crippen molar-refractivity contribution in [1.82, 2.24) is 10.2 Å². The Morgan fingerprint density at radius 3 is 2.48 bits per heavy atom. The minimum atomic E-state index is 0.112. The van der Waals surface area contributed by atoms with Gasteiger partial charge in [0.2, 0.25) is 5.89 Å². The Bertz CT molecular complexity index is 780. The number of carbonyl (C=O) groups is 1. The molecule has 5 heteroatoms. The molecule has 5 nitrogen and oxygen atoms in total. The highest BCUT2D eigenvalue weighted by molar-refractivity contribution is 5.95. The van der Waals surface area contributed by atoms with E-state index in [1.165, 1.54) is 0 Å². The maximum atomic E-state index is 11.6. The van der Waals surface area contributed by atoms with E-state index in [0.717, 1.165) is 5.56 Å². The molecule has 0 aliphatic carbocycles. The molecule has 1 aromatic heterocycles.